The zero-order valence-corrected chi connectivity index (χ0v) is 13.2. The van der Waals surface area contributed by atoms with Gasteiger partial charge >= 0.3 is 6.18 Å². The first-order chi connectivity index (χ1) is 11.3. The van der Waals surface area contributed by atoms with Crippen molar-refractivity contribution in [2.45, 2.75) is 25.9 Å². The first-order valence-corrected chi connectivity index (χ1v) is 7.66. The number of rotatable bonds is 3. The molecule has 2 heterocycles. The van der Waals surface area contributed by atoms with Crippen LogP contribution in [-0.2, 0) is 6.18 Å². The first-order valence-electron chi connectivity index (χ1n) is 7.66. The van der Waals surface area contributed by atoms with Crippen molar-refractivity contribution >= 4 is 17.9 Å². The predicted molar refractivity (Wildman–Crippen MR) is 87.3 cm³/mol. The zero-order valence-electron chi connectivity index (χ0n) is 13.2. The molecule has 0 saturated carbocycles. The molecule has 24 heavy (non-hydrogen) atoms. The van der Waals surface area contributed by atoms with E-state index in [1.165, 1.54) is 17.0 Å². The van der Waals surface area contributed by atoms with Crippen molar-refractivity contribution in [3.8, 4) is 0 Å². The lowest BCUT2D eigenvalue weighted by Gasteiger charge is -2.23. The van der Waals surface area contributed by atoms with Gasteiger partial charge in [-0.3, -0.25) is 0 Å². The molecule has 0 atom stereocenters. The van der Waals surface area contributed by atoms with Crippen molar-refractivity contribution in [1.82, 2.24) is 9.66 Å². The van der Waals surface area contributed by atoms with Gasteiger partial charge in [0.2, 0.25) is 5.95 Å². The summed E-state index contributed by atoms with van der Waals surface area (Å²) in [4.78, 5) is 5.77. The maximum atomic E-state index is 13.4. The zero-order chi connectivity index (χ0) is 17.3. The van der Waals surface area contributed by atoms with Crippen molar-refractivity contribution in [2.75, 3.05) is 23.7 Å². The number of alkyl halides is 3. The Hall–Kier alpha value is -2.51. The van der Waals surface area contributed by atoms with Crippen molar-refractivity contribution in [3.63, 3.8) is 0 Å². The number of nitrogens with zero attached hydrogens (tertiary/aromatic N) is 4. The number of halogens is 3. The highest BCUT2D eigenvalue weighted by molar-refractivity contribution is 5.81. The Morgan fingerprint density at radius 2 is 1.96 bits per heavy atom. The van der Waals surface area contributed by atoms with Gasteiger partial charge in [0.05, 0.1) is 23.7 Å². The molecular weight excluding hydrogens is 319 g/mol. The molecule has 0 unspecified atom stereocenters. The number of hydrogen-bond acceptors (Lipinski definition) is 4. The molecular formula is C16H18F3N5. The molecule has 1 aliphatic rings. The Balaban J connectivity index is 1.93. The second-order valence-electron chi connectivity index (χ2n) is 5.80. The molecule has 5 nitrogen and oxygen atoms in total. The smallest absolute Gasteiger partial charge is 0.371 e. The van der Waals surface area contributed by atoms with Gasteiger partial charge in [-0.25, -0.2) is 9.66 Å². The lowest BCUT2D eigenvalue weighted by molar-refractivity contribution is -0.137. The van der Waals surface area contributed by atoms with Crippen LogP contribution in [0.4, 0.5) is 24.8 Å². The van der Waals surface area contributed by atoms with E-state index in [1.54, 1.807) is 24.1 Å². The van der Waals surface area contributed by atoms with E-state index in [1.807, 2.05) is 0 Å². The lowest BCUT2D eigenvalue weighted by atomic mass is 10.1. The maximum absolute atomic E-state index is 13.4. The highest BCUT2D eigenvalue weighted by Crippen LogP contribution is 2.38. The normalized spacial score (nSPS) is 15.6. The van der Waals surface area contributed by atoms with Gasteiger partial charge in [-0.1, -0.05) is 6.07 Å². The van der Waals surface area contributed by atoms with Crippen LogP contribution in [0, 0.1) is 6.92 Å². The van der Waals surface area contributed by atoms with Crippen LogP contribution >= 0.6 is 0 Å². The summed E-state index contributed by atoms with van der Waals surface area (Å²) < 4.78 is 41.5. The van der Waals surface area contributed by atoms with Gasteiger partial charge in [0, 0.05) is 18.8 Å². The molecule has 1 fully saturated rings. The van der Waals surface area contributed by atoms with E-state index in [9.17, 15) is 13.2 Å². The van der Waals surface area contributed by atoms with Crippen molar-refractivity contribution in [3.05, 3.63) is 41.2 Å². The molecule has 2 N–H and O–H groups in total. The molecule has 1 aliphatic heterocycles. The molecule has 8 heteroatoms. The largest absolute Gasteiger partial charge is 0.418 e. The van der Waals surface area contributed by atoms with Gasteiger partial charge in [0.1, 0.15) is 0 Å². The van der Waals surface area contributed by atoms with Crippen LogP contribution in [0.3, 0.4) is 0 Å². The Morgan fingerprint density at radius 1 is 1.25 bits per heavy atom. The average molecular weight is 337 g/mol. The molecule has 2 aromatic rings. The van der Waals surface area contributed by atoms with Crippen LogP contribution in [-0.4, -0.2) is 29.0 Å². The van der Waals surface area contributed by atoms with Crippen LogP contribution in [0.1, 0.15) is 29.7 Å². The van der Waals surface area contributed by atoms with E-state index >= 15 is 0 Å². The van der Waals surface area contributed by atoms with Gasteiger partial charge in [-0.2, -0.15) is 18.3 Å². The summed E-state index contributed by atoms with van der Waals surface area (Å²) in [6.07, 6.45) is 0.376. The van der Waals surface area contributed by atoms with E-state index in [-0.39, 0.29) is 11.6 Å². The van der Waals surface area contributed by atoms with E-state index < -0.39 is 11.7 Å². The standard InChI is InChI=1S/C16H18F3N5/c1-11-10-24(15(20)22-11)21-9-12-4-5-14(23-6-2-3-7-23)13(8-12)16(17,18)19/h4-5,8-10H,2-3,6-7H2,1H3,(H2,20,22). The van der Waals surface area contributed by atoms with Gasteiger partial charge in [0.15, 0.2) is 0 Å². The van der Waals surface area contributed by atoms with Crippen LogP contribution in [0.2, 0.25) is 0 Å². The molecule has 0 amide bonds. The lowest BCUT2D eigenvalue weighted by Crippen LogP contribution is -2.22. The third-order valence-electron chi connectivity index (χ3n) is 3.94. The van der Waals surface area contributed by atoms with Gasteiger partial charge in [0.25, 0.3) is 0 Å². The SMILES string of the molecule is Cc1cn(N=Cc2ccc(N3CCCC3)c(C(F)(F)F)c2)c(N)n1. The Labute approximate surface area is 137 Å². The van der Waals surface area contributed by atoms with E-state index in [4.69, 9.17) is 5.73 Å². The highest BCUT2D eigenvalue weighted by Gasteiger charge is 2.35. The second kappa shape index (κ2) is 6.18. The van der Waals surface area contributed by atoms with E-state index in [0.29, 0.717) is 24.3 Å². The summed E-state index contributed by atoms with van der Waals surface area (Å²) in [5.41, 5.74) is 6.30. The Kier molecular flexibility index (Phi) is 4.21. The molecule has 3 rings (SSSR count). The Morgan fingerprint density at radius 3 is 2.54 bits per heavy atom. The first kappa shape index (κ1) is 16.4. The summed E-state index contributed by atoms with van der Waals surface area (Å²) in [6.45, 7) is 3.07. The average Bonchev–Trinajstić information content (AvgIpc) is 3.14. The minimum Gasteiger partial charge on any atom is -0.371 e. The van der Waals surface area contributed by atoms with Gasteiger partial charge < -0.3 is 10.6 Å². The van der Waals surface area contributed by atoms with E-state index in [0.717, 1.165) is 18.9 Å². The third-order valence-corrected chi connectivity index (χ3v) is 3.94. The van der Waals surface area contributed by atoms with Crippen LogP contribution in [0.5, 0.6) is 0 Å². The van der Waals surface area contributed by atoms with Gasteiger partial charge in [-0.05, 0) is 37.5 Å². The minimum absolute atomic E-state index is 0.188. The fourth-order valence-corrected chi connectivity index (χ4v) is 2.82. The second-order valence-corrected chi connectivity index (χ2v) is 5.80. The summed E-state index contributed by atoms with van der Waals surface area (Å²) in [5.74, 6) is 0.188. The number of aromatic nitrogens is 2. The predicted octanol–water partition coefficient (Wildman–Crippen LogP) is 3.27. The summed E-state index contributed by atoms with van der Waals surface area (Å²) >= 11 is 0. The molecule has 0 spiro atoms. The number of anilines is 2. The quantitative estimate of drug-likeness (QED) is 0.875. The molecule has 1 saturated heterocycles. The van der Waals surface area contributed by atoms with Crippen molar-refractivity contribution in [2.24, 2.45) is 5.10 Å². The number of imidazole rings is 1. The summed E-state index contributed by atoms with van der Waals surface area (Å²) in [7, 11) is 0. The maximum Gasteiger partial charge on any atom is 0.418 e. The summed E-state index contributed by atoms with van der Waals surface area (Å²) in [6, 6.07) is 4.27. The highest BCUT2D eigenvalue weighted by atomic mass is 19.4. The molecule has 0 aliphatic carbocycles. The van der Waals surface area contributed by atoms with E-state index in [2.05, 4.69) is 10.1 Å². The van der Waals surface area contributed by atoms with Gasteiger partial charge in [-0.15, -0.1) is 0 Å². The van der Waals surface area contributed by atoms with Crippen molar-refractivity contribution in [1.29, 1.82) is 0 Å². The number of hydrogen-bond donors (Lipinski definition) is 1. The van der Waals surface area contributed by atoms with Crippen molar-refractivity contribution < 1.29 is 13.2 Å². The fourth-order valence-electron chi connectivity index (χ4n) is 2.82. The number of nitrogen functional groups attached to an aromatic ring is 1. The molecule has 0 radical (unpaired) electrons. The fraction of sp³-hybridized carbons (Fsp3) is 0.375. The monoisotopic (exact) mass is 337 g/mol. The number of nitrogens with two attached hydrogens (primary N) is 1. The van der Waals surface area contributed by atoms with Crippen LogP contribution < -0.4 is 10.6 Å². The molecule has 0 bridgehead atoms. The topological polar surface area (TPSA) is 59.4 Å². The molecule has 1 aromatic carbocycles. The third kappa shape index (κ3) is 3.37. The number of benzene rings is 1. The molecule has 128 valence electrons. The van der Waals surface area contributed by atoms with Crippen LogP contribution in [0.25, 0.3) is 0 Å². The molecule has 1 aromatic heterocycles. The number of aryl methyl sites for hydroxylation is 1. The van der Waals surface area contributed by atoms with Crippen LogP contribution in [0.15, 0.2) is 29.5 Å². The summed E-state index contributed by atoms with van der Waals surface area (Å²) in [5, 5.41) is 4.07. The minimum atomic E-state index is -4.41. The Bertz CT molecular complexity index is 758.